The average Bonchev–Trinajstić information content (AvgIpc) is 2.97. The van der Waals surface area contributed by atoms with Crippen molar-refractivity contribution in [3.63, 3.8) is 0 Å². The van der Waals surface area contributed by atoms with E-state index in [1.165, 1.54) is 77.0 Å². The van der Waals surface area contributed by atoms with Crippen molar-refractivity contribution in [2.75, 3.05) is 6.26 Å². The first kappa shape index (κ1) is 27.5. The highest BCUT2D eigenvalue weighted by Gasteiger charge is 2.47. The minimum absolute atomic E-state index is 0.260. The topological polar surface area (TPSA) is 59.9 Å². The summed E-state index contributed by atoms with van der Waals surface area (Å²) in [5, 5.41) is 0.709. The molecule has 0 amide bonds. The number of rotatable bonds is 7. The fourth-order valence-electron chi connectivity index (χ4n) is 8.05. The highest BCUT2D eigenvalue weighted by molar-refractivity contribution is 7.98. The molecule has 0 aromatic carbocycles. The second kappa shape index (κ2) is 12.4. The summed E-state index contributed by atoms with van der Waals surface area (Å²) in [6.45, 7) is 0. The smallest absolute Gasteiger partial charge is 0.188 e. The number of aromatic nitrogens is 2. The Morgan fingerprint density at radius 2 is 0.833 bits per heavy atom. The maximum Gasteiger partial charge on any atom is 0.188 e. The lowest BCUT2D eigenvalue weighted by molar-refractivity contribution is 0.451. The molecule has 5 rings (SSSR count). The normalized spacial score (nSPS) is 24.7. The van der Waals surface area contributed by atoms with Crippen LogP contribution in [0.25, 0.3) is 0 Å². The molecule has 0 bridgehead atoms. The summed E-state index contributed by atoms with van der Waals surface area (Å²) in [6, 6.07) is 2.09. The van der Waals surface area contributed by atoms with Crippen LogP contribution in [0.3, 0.4) is 0 Å². The van der Waals surface area contributed by atoms with Crippen LogP contribution in [0.1, 0.15) is 128 Å². The first-order valence-corrected chi connectivity index (χ1v) is 20.1. The molecule has 0 atom stereocenters. The summed E-state index contributed by atoms with van der Waals surface area (Å²) < 4.78 is 30.9. The molecule has 0 unspecified atom stereocenters. The monoisotopic (exact) mass is 550 g/mol. The van der Waals surface area contributed by atoms with Gasteiger partial charge < -0.3 is 9.13 Å². The Hall–Kier alpha value is -0.110. The lowest BCUT2D eigenvalue weighted by Crippen LogP contribution is -2.36. The third kappa shape index (κ3) is 5.47. The number of hydrogen-bond donors (Lipinski definition) is 0. The van der Waals surface area contributed by atoms with E-state index < -0.39 is 14.3 Å². The van der Waals surface area contributed by atoms with Gasteiger partial charge in [-0.1, -0.05) is 88.8 Å². The minimum atomic E-state index is -2.72. The van der Waals surface area contributed by atoms with Crippen LogP contribution < -0.4 is 10.9 Å². The van der Waals surface area contributed by atoms with Crippen molar-refractivity contribution in [1.82, 2.24) is 9.97 Å². The Kier molecular flexibility index (Phi) is 9.44. The molecule has 4 aliphatic carbocycles. The first-order chi connectivity index (χ1) is 17.6. The molecule has 7 heteroatoms. The molecular formula is C29H48N2O2P2S. The molecule has 4 aliphatic rings. The van der Waals surface area contributed by atoms with Gasteiger partial charge in [-0.3, -0.25) is 0 Å². The lowest BCUT2D eigenvalue weighted by Gasteiger charge is -2.39. The van der Waals surface area contributed by atoms with Crippen LogP contribution >= 0.6 is 26.0 Å². The van der Waals surface area contributed by atoms with E-state index in [-0.39, 0.29) is 22.6 Å². The Bertz CT molecular complexity index is 846. The van der Waals surface area contributed by atoms with Crippen LogP contribution in [0.15, 0.2) is 11.2 Å². The van der Waals surface area contributed by atoms with E-state index in [0.29, 0.717) is 5.16 Å². The van der Waals surface area contributed by atoms with Gasteiger partial charge in [-0.15, -0.1) is 0 Å². The summed E-state index contributed by atoms with van der Waals surface area (Å²) in [4.78, 5) is 10.1. The molecule has 0 saturated heterocycles. The van der Waals surface area contributed by atoms with Crippen molar-refractivity contribution in [3.8, 4) is 0 Å². The van der Waals surface area contributed by atoms with Crippen molar-refractivity contribution < 1.29 is 9.13 Å². The van der Waals surface area contributed by atoms with Crippen LogP contribution in [-0.2, 0) is 9.13 Å². The standard InChI is InChI=1S/C29H48N2O2P2S/c1-36-29-30-27(34(32,23-14-6-2-7-15-23)24-16-8-3-9-17-24)22-28(31-29)35(33,25-18-10-4-11-19-25)26-20-12-5-13-21-26/h22-26H,2-21H2,1H3. The molecule has 1 aromatic heterocycles. The van der Waals surface area contributed by atoms with Gasteiger partial charge in [0.05, 0.1) is 0 Å². The van der Waals surface area contributed by atoms with Gasteiger partial charge in [0.1, 0.15) is 25.2 Å². The quantitative estimate of drug-likeness (QED) is 0.193. The molecule has 0 spiro atoms. The van der Waals surface area contributed by atoms with Gasteiger partial charge >= 0.3 is 0 Å². The summed E-state index contributed by atoms with van der Waals surface area (Å²) >= 11 is 1.55. The van der Waals surface area contributed by atoms with Gasteiger partial charge in [0.15, 0.2) is 5.16 Å². The summed E-state index contributed by atoms with van der Waals surface area (Å²) in [5.74, 6) is 0. The molecule has 4 saturated carbocycles. The van der Waals surface area contributed by atoms with E-state index in [9.17, 15) is 0 Å². The van der Waals surface area contributed by atoms with Crippen LogP contribution in [0.4, 0.5) is 0 Å². The second-order valence-corrected chi connectivity index (χ2v) is 19.6. The Morgan fingerprint density at radius 1 is 0.556 bits per heavy atom. The first-order valence-electron chi connectivity index (χ1n) is 15.2. The molecule has 0 aliphatic heterocycles. The van der Waals surface area contributed by atoms with E-state index in [1.807, 2.05) is 6.26 Å². The number of thioether (sulfide) groups is 1. The van der Waals surface area contributed by atoms with Crippen molar-refractivity contribution in [3.05, 3.63) is 6.07 Å². The average molecular weight is 551 g/mol. The van der Waals surface area contributed by atoms with Gasteiger partial charge in [-0.05, 0) is 63.7 Å². The van der Waals surface area contributed by atoms with E-state index >= 15 is 9.13 Å². The van der Waals surface area contributed by atoms with E-state index in [1.54, 1.807) is 11.8 Å². The van der Waals surface area contributed by atoms with Gasteiger partial charge in [0.25, 0.3) is 0 Å². The molecule has 0 N–H and O–H groups in total. The zero-order valence-electron chi connectivity index (χ0n) is 22.5. The molecule has 1 aromatic rings. The highest BCUT2D eigenvalue weighted by Crippen LogP contribution is 2.64. The molecular weight excluding hydrogens is 502 g/mol. The molecule has 4 fully saturated rings. The zero-order chi connectivity index (χ0) is 25.0. The van der Waals surface area contributed by atoms with Crippen molar-refractivity contribution >= 4 is 36.9 Å². The zero-order valence-corrected chi connectivity index (χ0v) is 25.1. The SMILES string of the molecule is CSc1nc(P(=O)(C2CCCCC2)C2CCCCC2)cc(P(=O)(C2CCCCC2)C2CCCCC2)n1. The number of hydrogen-bond acceptors (Lipinski definition) is 5. The Balaban J connectivity index is 1.62. The van der Waals surface area contributed by atoms with Gasteiger partial charge in [-0.25, -0.2) is 9.97 Å². The van der Waals surface area contributed by atoms with E-state index in [0.717, 1.165) is 62.2 Å². The molecule has 36 heavy (non-hydrogen) atoms. The minimum Gasteiger partial charge on any atom is -0.316 e. The highest BCUT2D eigenvalue weighted by atomic mass is 32.2. The van der Waals surface area contributed by atoms with Crippen LogP contribution in [0.5, 0.6) is 0 Å². The maximum absolute atomic E-state index is 15.4. The van der Waals surface area contributed by atoms with Crippen molar-refractivity contribution in [2.45, 2.75) is 156 Å². The van der Waals surface area contributed by atoms with Gasteiger partial charge in [-0.2, -0.15) is 0 Å². The lowest BCUT2D eigenvalue weighted by atomic mass is 9.99. The molecule has 1 heterocycles. The predicted molar refractivity (Wildman–Crippen MR) is 156 cm³/mol. The van der Waals surface area contributed by atoms with Crippen molar-refractivity contribution in [1.29, 1.82) is 0 Å². The Morgan fingerprint density at radius 3 is 1.08 bits per heavy atom. The molecule has 0 radical (unpaired) electrons. The second-order valence-electron chi connectivity index (χ2n) is 12.2. The molecule has 202 valence electrons. The van der Waals surface area contributed by atoms with Gasteiger partial charge in [0.2, 0.25) is 0 Å². The largest absolute Gasteiger partial charge is 0.316 e. The van der Waals surface area contributed by atoms with Crippen LogP contribution in [0.2, 0.25) is 0 Å². The fraction of sp³-hybridized carbons (Fsp3) is 0.862. The van der Waals surface area contributed by atoms with E-state index in [4.69, 9.17) is 9.97 Å². The molecule has 4 nitrogen and oxygen atoms in total. The fourth-order valence-corrected chi connectivity index (χ4v) is 17.0. The third-order valence-electron chi connectivity index (χ3n) is 10.0. The van der Waals surface area contributed by atoms with Crippen molar-refractivity contribution in [2.24, 2.45) is 0 Å². The maximum atomic E-state index is 15.4. The van der Waals surface area contributed by atoms with Crippen LogP contribution in [0, 0.1) is 0 Å². The summed E-state index contributed by atoms with van der Waals surface area (Å²) in [5.41, 5.74) is 2.68. The number of nitrogens with zero attached hydrogens (tertiary/aromatic N) is 2. The summed E-state index contributed by atoms with van der Waals surface area (Å²) in [7, 11) is -5.45. The van der Waals surface area contributed by atoms with Crippen LogP contribution in [-0.4, -0.2) is 38.9 Å². The summed E-state index contributed by atoms with van der Waals surface area (Å²) in [6.07, 6.45) is 25.2. The predicted octanol–water partition coefficient (Wildman–Crippen LogP) is 8.51. The third-order valence-corrected chi connectivity index (χ3v) is 18.9. The van der Waals surface area contributed by atoms with E-state index in [2.05, 4.69) is 6.07 Å². The van der Waals surface area contributed by atoms with Gasteiger partial charge in [0, 0.05) is 22.6 Å². The Labute approximate surface area is 224 Å².